The fourth-order valence-electron chi connectivity index (χ4n) is 1.58. The van der Waals surface area contributed by atoms with Crippen LogP contribution in [0.3, 0.4) is 0 Å². The first-order valence-corrected chi connectivity index (χ1v) is 6.36. The van der Waals surface area contributed by atoms with Gasteiger partial charge in [0.05, 0.1) is 0 Å². The highest BCUT2D eigenvalue weighted by Gasteiger charge is 2.23. The van der Waals surface area contributed by atoms with Crippen LogP contribution in [0.4, 0.5) is 0 Å². The van der Waals surface area contributed by atoms with Gasteiger partial charge >= 0.3 is 0 Å². The minimum atomic E-state index is -0.810. The van der Waals surface area contributed by atoms with Crippen LogP contribution < -0.4 is 21.7 Å². The summed E-state index contributed by atoms with van der Waals surface area (Å²) >= 11 is 0. The molecule has 0 aromatic heterocycles. The van der Waals surface area contributed by atoms with Gasteiger partial charge in [-0.1, -0.05) is 13.8 Å². The fraction of sp³-hybridized carbons (Fsp3) is 0.667. The van der Waals surface area contributed by atoms with Crippen molar-refractivity contribution in [2.24, 2.45) is 11.7 Å². The number of nitrogens with one attached hydrogen (secondary N) is 4. The van der Waals surface area contributed by atoms with Crippen molar-refractivity contribution in [1.29, 1.82) is 5.41 Å². The molecule has 0 rings (SSSR count). The Hall–Kier alpha value is -2.12. The third-order valence-electron chi connectivity index (χ3n) is 2.41. The second-order valence-corrected chi connectivity index (χ2v) is 4.93. The van der Waals surface area contributed by atoms with Crippen LogP contribution in [-0.2, 0) is 14.4 Å². The number of carbonyl (C=O) groups is 3. The number of rotatable bonds is 8. The molecule has 0 radical (unpaired) electrons. The predicted molar refractivity (Wildman–Crippen MR) is 75.0 cm³/mol. The van der Waals surface area contributed by atoms with Crippen molar-refractivity contribution >= 4 is 24.1 Å². The van der Waals surface area contributed by atoms with Gasteiger partial charge in [-0.15, -0.1) is 0 Å². The van der Waals surface area contributed by atoms with E-state index in [0.717, 1.165) is 0 Å². The van der Waals surface area contributed by atoms with Crippen LogP contribution in [0.15, 0.2) is 0 Å². The third kappa shape index (κ3) is 8.06. The second kappa shape index (κ2) is 8.89. The normalized spacial score (nSPS) is 13.2. The van der Waals surface area contributed by atoms with Gasteiger partial charge < -0.3 is 26.5 Å². The topological polar surface area (TPSA) is 137 Å². The van der Waals surface area contributed by atoms with Crippen molar-refractivity contribution in [1.82, 2.24) is 16.0 Å². The number of hydrogen-bond acceptors (Lipinski definition) is 4. The van der Waals surface area contributed by atoms with Gasteiger partial charge in [0.1, 0.15) is 18.4 Å². The molecule has 0 saturated heterocycles. The molecule has 8 nitrogen and oxygen atoms in total. The molecule has 0 aliphatic rings. The highest BCUT2D eigenvalue weighted by molar-refractivity contribution is 5.88. The fourth-order valence-corrected chi connectivity index (χ4v) is 1.58. The Morgan fingerprint density at radius 1 is 1.30 bits per heavy atom. The summed E-state index contributed by atoms with van der Waals surface area (Å²) in [6, 6.07) is -1.50. The van der Waals surface area contributed by atoms with Gasteiger partial charge in [-0.3, -0.25) is 15.0 Å². The molecule has 2 unspecified atom stereocenters. The Kier molecular flexibility index (Phi) is 7.95. The summed E-state index contributed by atoms with van der Waals surface area (Å²) in [7, 11) is 0. The zero-order valence-electron chi connectivity index (χ0n) is 12.0. The van der Waals surface area contributed by atoms with E-state index in [0.29, 0.717) is 12.7 Å². The first kappa shape index (κ1) is 17.9. The molecule has 0 saturated carbocycles. The lowest BCUT2D eigenvalue weighted by atomic mass is 10.0. The van der Waals surface area contributed by atoms with E-state index in [1.165, 1.54) is 6.92 Å². The van der Waals surface area contributed by atoms with Gasteiger partial charge in [0.15, 0.2) is 5.96 Å². The van der Waals surface area contributed by atoms with E-state index in [1.54, 1.807) is 0 Å². The smallest absolute Gasteiger partial charge is 0.243 e. The second-order valence-electron chi connectivity index (χ2n) is 4.93. The van der Waals surface area contributed by atoms with Crippen LogP contribution >= 0.6 is 0 Å². The molecule has 0 bridgehead atoms. The average molecular weight is 285 g/mol. The Morgan fingerprint density at radius 2 is 1.90 bits per heavy atom. The lowest BCUT2D eigenvalue weighted by Gasteiger charge is -2.21. The number of aldehydes is 1. The minimum absolute atomic E-state index is 0.0268. The Balaban J connectivity index is 4.57. The molecule has 0 aliphatic carbocycles. The summed E-state index contributed by atoms with van der Waals surface area (Å²) in [6.45, 7) is 5.21. The van der Waals surface area contributed by atoms with E-state index in [2.05, 4.69) is 16.0 Å². The van der Waals surface area contributed by atoms with E-state index < -0.39 is 18.0 Å². The molecular formula is C12H23N5O3. The SMILES string of the molecule is CC(=O)NC(CC(C)C)C(=O)NC(C=O)CNC(=N)N. The van der Waals surface area contributed by atoms with Crippen LogP contribution in [0.25, 0.3) is 0 Å². The molecule has 114 valence electrons. The van der Waals surface area contributed by atoms with E-state index in [9.17, 15) is 14.4 Å². The van der Waals surface area contributed by atoms with Crippen LogP contribution in [0, 0.1) is 11.3 Å². The molecule has 0 heterocycles. The summed E-state index contributed by atoms with van der Waals surface area (Å²) < 4.78 is 0. The molecule has 6 N–H and O–H groups in total. The maximum absolute atomic E-state index is 12.0. The third-order valence-corrected chi connectivity index (χ3v) is 2.41. The van der Waals surface area contributed by atoms with Crippen molar-refractivity contribution in [3.8, 4) is 0 Å². The lowest BCUT2D eigenvalue weighted by molar-refractivity contribution is -0.129. The number of nitrogens with two attached hydrogens (primary N) is 1. The molecule has 0 fully saturated rings. The minimum Gasteiger partial charge on any atom is -0.370 e. The molecular weight excluding hydrogens is 262 g/mol. The number of amides is 2. The summed E-state index contributed by atoms with van der Waals surface area (Å²) in [5.41, 5.74) is 5.10. The molecule has 0 aromatic rings. The van der Waals surface area contributed by atoms with Crippen molar-refractivity contribution in [2.75, 3.05) is 6.54 Å². The van der Waals surface area contributed by atoms with E-state index in [-0.39, 0.29) is 24.3 Å². The van der Waals surface area contributed by atoms with Crippen molar-refractivity contribution < 1.29 is 14.4 Å². The molecule has 0 spiro atoms. The number of guanidine groups is 1. The van der Waals surface area contributed by atoms with Crippen LogP contribution in [0.5, 0.6) is 0 Å². The molecule has 8 heteroatoms. The first-order chi connectivity index (χ1) is 9.26. The van der Waals surface area contributed by atoms with E-state index in [1.807, 2.05) is 13.8 Å². The quantitative estimate of drug-likeness (QED) is 0.214. The highest BCUT2D eigenvalue weighted by Crippen LogP contribution is 2.05. The van der Waals surface area contributed by atoms with E-state index >= 15 is 0 Å². The van der Waals surface area contributed by atoms with Crippen molar-refractivity contribution in [3.05, 3.63) is 0 Å². The molecule has 20 heavy (non-hydrogen) atoms. The van der Waals surface area contributed by atoms with Crippen LogP contribution in [-0.4, -0.2) is 42.7 Å². The summed E-state index contributed by atoms with van der Waals surface area (Å²) in [6.07, 6.45) is 1.02. The number of hydrogen-bond donors (Lipinski definition) is 5. The Morgan fingerprint density at radius 3 is 2.30 bits per heavy atom. The summed E-state index contributed by atoms with van der Waals surface area (Å²) in [4.78, 5) is 34.0. The van der Waals surface area contributed by atoms with Gasteiger partial charge in [0, 0.05) is 13.5 Å². The van der Waals surface area contributed by atoms with Gasteiger partial charge in [-0.2, -0.15) is 0 Å². The lowest BCUT2D eigenvalue weighted by Crippen LogP contribution is -2.53. The largest absolute Gasteiger partial charge is 0.370 e. The summed E-state index contributed by atoms with van der Waals surface area (Å²) in [5.74, 6) is -0.819. The van der Waals surface area contributed by atoms with Crippen LogP contribution in [0.2, 0.25) is 0 Å². The van der Waals surface area contributed by atoms with Crippen molar-refractivity contribution in [2.45, 2.75) is 39.3 Å². The van der Waals surface area contributed by atoms with Gasteiger partial charge in [-0.05, 0) is 12.3 Å². The maximum atomic E-state index is 12.0. The van der Waals surface area contributed by atoms with Crippen LogP contribution in [0.1, 0.15) is 27.2 Å². The van der Waals surface area contributed by atoms with Crippen molar-refractivity contribution in [3.63, 3.8) is 0 Å². The maximum Gasteiger partial charge on any atom is 0.243 e. The molecule has 2 amide bonds. The van der Waals surface area contributed by atoms with Gasteiger partial charge in [0.25, 0.3) is 0 Å². The molecule has 0 aliphatic heterocycles. The highest BCUT2D eigenvalue weighted by atomic mass is 16.2. The zero-order valence-corrected chi connectivity index (χ0v) is 12.0. The van der Waals surface area contributed by atoms with Gasteiger partial charge in [-0.25, -0.2) is 0 Å². The molecule has 2 atom stereocenters. The predicted octanol–water partition coefficient (Wildman–Crippen LogP) is -1.30. The summed E-state index contributed by atoms with van der Waals surface area (Å²) in [5, 5.41) is 14.5. The molecule has 0 aromatic carbocycles. The number of carbonyl (C=O) groups excluding carboxylic acids is 3. The average Bonchev–Trinajstić information content (AvgIpc) is 2.31. The zero-order chi connectivity index (χ0) is 15.7. The monoisotopic (exact) mass is 285 g/mol. The van der Waals surface area contributed by atoms with E-state index in [4.69, 9.17) is 11.1 Å². The Bertz CT molecular complexity index is 370. The Labute approximate surface area is 118 Å². The van der Waals surface area contributed by atoms with Gasteiger partial charge in [0.2, 0.25) is 11.8 Å². The standard InChI is InChI=1S/C12H23N5O3/c1-7(2)4-10(16-8(3)19)11(20)17-9(6-18)5-15-12(13)14/h6-7,9-10H,4-5H2,1-3H3,(H,16,19)(H,17,20)(H4,13,14,15). The first-order valence-electron chi connectivity index (χ1n) is 6.36.